The molecule has 5 heteroatoms. The molecule has 0 aliphatic heterocycles. The van der Waals surface area contributed by atoms with Crippen LogP contribution in [0.5, 0.6) is 0 Å². The third-order valence-corrected chi connectivity index (χ3v) is 6.52. The molecular formula is C22H27NO3S. The highest BCUT2D eigenvalue weighted by molar-refractivity contribution is 7.20. The van der Waals surface area contributed by atoms with Crippen molar-refractivity contribution in [3.63, 3.8) is 0 Å². The van der Waals surface area contributed by atoms with Crippen LogP contribution in [0.15, 0.2) is 36.4 Å². The standard InChI is InChI=1S/C22H27NO3S/c1-14(2)23(20(24)17-11-9-15(3)10-12-17)21-18(22(25)26)13-19(27-21)16-7-5-4-6-8-16/h4-8,13-15,17H,9-12H2,1-3H3,(H,25,26)/t15-,17-. The molecule has 0 radical (unpaired) electrons. The molecule has 4 nitrogen and oxygen atoms in total. The van der Waals surface area contributed by atoms with E-state index in [0.717, 1.165) is 36.1 Å². The molecule has 1 aliphatic rings. The van der Waals surface area contributed by atoms with Gasteiger partial charge in [0.1, 0.15) is 5.00 Å². The zero-order valence-electron chi connectivity index (χ0n) is 16.1. The van der Waals surface area contributed by atoms with Gasteiger partial charge in [-0.05, 0) is 57.1 Å². The largest absolute Gasteiger partial charge is 0.478 e. The van der Waals surface area contributed by atoms with Gasteiger partial charge in [0.2, 0.25) is 5.91 Å². The summed E-state index contributed by atoms with van der Waals surface area (Å²) in [5.41, 5.74) is 1.18. The lowest BCUT2D eigenvalue weighted by molar-refractivity contribution is -0.123. The molecule has 1 aliphatic carbocycles. The first-order valence-corrected chi connectivity index (χ1v) is 10.5. The van der Waals surface area contributed by atoms with E-state index in [1.807, 2.05) is 44.2 Å². The number of rotatable bonds is 5. The van der Waals surface area contributed by atoms with Gasteiger partial charge in [-0.25, -0.2) is 4.79 Å². The monoisotopic (exact) mass is 385 g/mol. The van der Waals surface area contributed by atoms with Crippen molar-refractivity contribution in [2.24, 2.45) is 11.8 Å². The number of carbonyl (C=O) groups is 2. The Labute approximate surface area is 164 Å². The summed E-state index contributed by atoms with van der Waals surface area (Å²) in [6.45, 7) is 6.14. The van der Waals surface area contributed by atoms with Crippen molar-refractivity contribution in [3.05, 3.63) is 42.0 Å². The van der Waals surface area contributed by atoms with Gasteiger partial charge < -0.3 is 10.0 Å². The molecule has 0 atom stereocenters. The van der Waals surface area contributed by atoms with E-state index >= 15 is 0 Å². The Balaban J connectivity index is 1.98. The normalized spacial score (nSPS) is 19.9. The average Bonchev–Trinajstić information content (AvgIpc) is 3.08. The molecule has 0 unspecified atom stereocenters. The number of thiophene rings is 1. The fraction of sp³-hybridized carbons (Fsp3) is 0.455. The minimum absolute atomic E-state index is 0.00693. The van der Waals surface area contributed by atoms with Crippen molar-refractivity contribution in [3.8, 4) is 10.4 Å². The number of anilines is 1. The highest BCUT2D eigenvalue weighted by atomic mass is 32.1. The number of aromatic carboxylic acids is 1. The van der Waals surface area contributed by atoms with Gasteiger partial charge in [0.05, 0.1) is 5.56 Å². The smallest absolute Gasteiger partial charge is 0.338 e. The third-order valence-electron chi connectivity index (χ3n) is 5.34. The highest BCUT2D eigenvalue weighted by Crippen LogP contribution is 2.40. The number of nitrogens with zero attached hydrogens (tertiary/aromatic N) is 1. The van der Waals surface area contributed by atoms with Gasteiger partial charge in [0.15, 0.2) is 0 Å². The Morgan fingerprint density at radius 2 is 1.74 bits per heavy atom. The first kappa shape index (κ1) is 19.6. The minimum atomic E-state index is -0.987. The number of carboxylic acid groups (broad SMARTS) is 1. The number of hydrogen-bond donors (Lipinski definition) is 1. The first-order valence-electron chi connectivity index (χ1n) is 9.64. The summed E-state index contributed by atoms with van der Waals surface area (Å²) in [5.74, 6) is -0.255. The number of carbonyl (C=O) groups excluding carboxylic acids is 1. The van der Waals surface area contributed by atoms with Gasteiger partial charge >= 0.3 is 5.97 Å². The van der Waals surface area contributed by atoms with E-state index in [1.54, 1.807) is 11.0 Å². The van der Waals surface area contributed by atoms with Crippen LogP contribution in [-0.4, -0.2) is 23.0 Å². The van der Waals surface area contributed by atoms with Gasteiger partial charge in [-0.15, -0.1) is 11.3 Å². The van der Waals surface area contributed by atoms with Crippen LogP contribution in [-0.2, 0) is 4.79 Å². The van der Waals surface area contributed by atoms with Crippen molar-refractivity contribution in [2.45, 2.75) is 52.5 Å². The second-order valence-corrected chi connectivity index (χ2v) is 8.79. The Hall–Kier alpha value is -2.14. The lowest BCUT2D eigenvalue weighted by Gasteiger charge is -2.33. The number of amides is 1. The summed E-state index contributed by atoms with van der Waals surface area (Å²) in [6.07, 6.45) is 3.91. The van der Waals surface area contributed by atoms with Crippen molar-refractivity contribution < 1.29 is 14.7 Å². The lowest BCUT2D eigenvalue weighted by atomic mass is 9.82. The van der Waals surface area contributed by atoms with Gasteiger partial charge in [-0.2, -0.15) is 0 Å². The molecule has 1 fully saturated rings. The van der Waals surface area contributed by atoms with E-state index in [2.05, 4.69) is 6.92 Å². The molecule has 3 rings (SSSR count). The van der Waals surface area contributed by atoms with Crippen LogP contribution in [0.1, 0.15) is 56.8 Å². The molecule has 0 bridgehead atoms. The molecule has 0 spiro atoms. The average molecular weight is 386 g/mol. The summed E-state index contributed by atoms with van der Waals surface area (Å²) >= 11 is 1.39. The maximum atomic E-state index is 13.3. The minimum Gasteiger partial charge on any atom is -0.478 e. The van der Waals surface area contributed by atoms with E-state index in [9.17, 15) is 14.7 Å². The topological polar surface area (TPSA) is 57.6 Å². The van der Waals surface area contributed by atoms with Gasteiger partial charge in [-0.1, -0.05) is 37.3 Å². The van der Waals surface area contributed by atoms with E-state index in [1.165, 1.54) is 11.3 Å². The third kappa shape index (κ3) is 4.24. The molecule has 1 N–H and O–H groups in total. The Morgan fingerprint density at radius 1 is 1.11 bits per heavy atom. The summed E-state index contributed by atoms with van der Waals surface area (Å²) in [5, 5.41) is 10.3. The second kappa shape index (κ2) is 8.26. The molecule has 1 aromatic carbocycles. The number of benzene rings is 1. The molecule has 1 amide bonds. The van der Waals surface area contributed by atoms with E-state index in [4.69, 9.17) is 0 Å². The highest BCUT2D eigenvalue weighted by Gasteiger charge is 2.33. The van der Waals surface area contributed by atoms with Crippen LogP contribution < -0.4 is 4.90 Å². The van der Waals surface area contributed by atoms with Crippen molar-refractivity contribution in [1.29, 1.82) is 0 Å². The van der Waals surface area contributed by atoms with Crippen LogP contribution in [0.2, 0.25) is 0 Å². The zero-order valence-corrected chi connectivity index (χ0v) is 17.0. The Bertz CT molecular complexity index is 804. The van der Waals surface area contributed by atoms with Crippen LogP contribution in [0.3, 0.4) is 0 Å². The predicted molar refractivity (Wildman–Crippen MR) is 110 cm³/mol. The van der Waals surface area contributed by atoms with Gasteiger partial charge in [-0.3, -0.25) is 4.79 Å². The molecule has 1 saturated carbocycles. The summed E-state index contributed by atoms with van der Waals surface area (Å²) in [7, 11) is 0. The van der Waals surface area contributed by atoms with Crippen LogP contribution >= 0.6 is 11.3 Å². The Morgan fingerprint density at radius 3 is 2.30 bits per heavy atom. The van der Waals surface area contributed by atoms with E-state index in [0.29, 0.717) is 10.9 Å². The maximum absolute atomic E-state index is 13.3. The fourth-order valence-electron chi connectivity index (χ4n) is 3.75. The second-order valence-electron chi connectivity index (χ2n) is 7.76. The summed E-state index contributed by atoms with van der Waals surface area (Å²) in [4.78, 5) is 27.8. The molecule has 2 aromatic rings. The van der Waals surface area contributed by atoms with Crippen molar-refractivity contribution in [2.75, 3.05) is 4.90 Å². The van der Waals surface area contributed by atoms with Crippen LogP contribution in [0, 0.1) is 11.8 Å². The van der Waals surface area contributed by atoms with E-state index in [-0.39, 0.29) is 23.4 Å². The maximum Gasteiger partial charge on any atom is 0.338 e. The molecule has 0 saturated heterocycles. The number of hydrogen-bond acceptors (Lipinski definition) is 3. The van der Waals surface area contributed by atoms with Gasteiger partial charge in [0, 0.05) is 16.8 Å². The molecular weight excluding hydrogens is 358 g/mol. The molecule has 144 valence electrons. The fourth-order valence-corrected chi connectivity index (χ4v) is 5.05. The summed E-state index contributed by atoms with van der Waals surface area (Å²) < 4.78 is 0. The number of carboxylic acids is 1. The van der Waals surface area contributed by atoms with E-state index < -0.39 is 5.97 Å². The molecule has 27 heavy (non-hydrogen) atoms. The quantitative estimate of drug-likeness (QED) is 0.720. The van der Waals surface area contributed by atoms with Crippen LogP contribution in [0.4, 0.5) is 5.00 Å². The van der Waals surface area contributed by atoms with Gasteiger partial charge in [0.25, 0.3) is 0 Å². The molecule has 1 aromatic heterocycles. The zero-order chi connectivity index (χ0) is 19.6. The van der Waals surface area contributed by atoms with Crippen molar-refractivity contribution >= 4 is 28.2 Å². The SMILES string of the molecule is CC(C)N(c1sc(-c2ccccc2)cc1C(=O)O)C(=O)[C@H]1CC[C@H](C)CC1. The lowest BCUT2D eigenvalue weighted by Crippen LogP contribution is -2.42. The first-order chi connectivity index (χ1) is 12.9. The summed E-state index contributed by atoms with van der Waals surface area (Å²) in [6, 6.07) is 11.3. The molecule has 1 heterocycles. The predicted octanol–water partition coefficient (Wildman–Crippen LogP) is 5.68. The van der Waals surface area contributed by atoms with Crippen molar-refractivity contribution in [1.82, 2.24) is 0 Å². The Kier molecular flexibility index (Phi) is 6.00. The van der Waals surface area contributed by atoms with Crippen LogP contribution in [0.25, 0.3) is 10.4 Å².